The lowest BCUT2D eigenvalue weighted by Crippen LogP contribution is -2.56. The fourth-order valence-electron chi connectivity index (χ4n) is 5.08. The van der Waals surface area contributed by atoms with Gasteiger partial charge in [-0.2, -0.15) is 0 Å². The van der Waals surface area contributed by atoms with Crippen molar-refractivity contribution >= 4 is 41.1 Å². The molecule has 2 heterocycles. The van der Waals surface area contributed by atoms with E-state index in [9.17, 15) is 18.8 Å². The van der Waals surface area contributed by atoms with Crippen molar-refractivity contribution in [1.29, 1.82) is 0 Å². The Morgan fingerprint density at radius 1 is 1.10 bits per heavy atom. The van der Waals surface area contributed by atoms with Crippen molar-refractivity contribution in [3.63, 3.8) is 0 Å². The third-order valence-electron chi connectivity index (χ3n) is 6.98. The van der Waals surface area contributed by atoms with Gasteiger partial charge in [0.2, 0.25) is 0 Å². The van der Waals surface area contributed by atoms with Gasteiger partial charge in [0.25, 0.3) is 5.91 Å². The summed E-state index contributed by atoms with van der Waals surface area (Å²) in [5.74, 6) is -1.46. The molecule has 0 saturated carbocycles. The first kappa shape index (κ1) is 28.9. The maximum absolute atomic E-state index is 14.3. The van der Waals surface area contributed by atoms with Gasteiger partial charge in [0.15, 0.2) is 0 Å². The minimum absolute atomic E-state index is 0.0377. The number of benzene rings is 2. The number of halogens is 3. The maximum atomic E-state index is 14.3. The van der Waals surface area contributed by atoms with Gasteiger partial charge in [-0.05, 0) is 50.6 Å². The van der Waals surface area contributed by atoms with Crippen molar-refractivity contribution in [2.75, 3.05) is 39.3 Å². The first-order chi connectivity index (χ1) is 18.7. The first-order valence-electron chi connectivity index (χ1n) is 12.9. The van der Waals surface area contributed by atoms with E-state index in [4.69, 9.17) is 27.9 Å². The molecule has 0 aliphatic carbocycles. The Morgan fingerprint density at radius 2 is 1.85 bits per heavy atom. The third kappa shape index (κ3) is 6.05. The van der Waals surface area contributed by atoms with Crippen LogP contribution in [0, 0.1) is 5.82 Å². The standard InChI is InChI=1S/C28H31Cl2FN4O4/c1-4-34-23(16-33-12-13-35(17(3)15-33)26(36)19-8-6-7-9-22(19)31)24(27(37)39-5-2)25(32-28(34)38)18-10-11-20(29)21(30)14-18/h6-11,14,17,25H,4-5,12-13,15-16H2,1-3H3,(H,32,38). The smallest absolute Gasteiger partial charge is 0.338 e. The second-order valence-electron chi connectivity index (χ2n) is 9.44. The normalized spacial score (nSPS) is 20.2. The molecule has 2 aliphatic heterocycles. The summed E-state index contributed by atoms with van der Waals surface area (Å²) in [7, 11) is 0. The molecule has 3 amide bonds. The van der Waals surface area contributed by atoms with Crippen LogP contribution in [0.2, 0.25) is 10.0 Å². The zero-order valence-electron chi connectivity index (χ0n) is 22.0. The second kappa shape index (κ2) is 12.4. The average molecular weight is 577 g/mol. The van der Waals surface area contributed by atoms with Crippen LogP contribution in [0.25, 0.3) is 0 Å². The van der Waals surface area contributed by atoms with Gasteiger partial charge in [0, 0.05) is 44.5 Å². The number of esters is 1. The predicted molar refractivity (Wildman–Crippen MR) is 147 cm³/mol. The zero-order chi connectivity index (χ0) is 28.3. The molecule has 2 aromatic carbocycles. The quantitative estimate of drug-likeness (QED) is 0.475. The first-order valence-corrected chi connectivity index (χ1v) is 13.6. The molecule has 2 aliphatic rings. The van der Waals surface area contributed by atoms with E-state index in [1.54, 1.807) is 42.2 Å². The number of carbonyl (C=O) groups is 3. The zero-order valence-corrected chi connectivity index (χ0v) is 23.6. The molecular formula is C28H31Cl2FN4O4. The molecule has 0 aromatic heterocycles. The summed E-state index contributed by atoms with van der Waals surface area (Å²) in [5, 5.41) is 3.57. The number of amides is 3. The van der Waals surface area contributed by atoms with Gasteiger partial charge < -0.3 is 15.0 Å². The largest absolute Gasteiger partial charge is 0.463 e. The van der Waals surface area contributed by atoms with Crippen LogP contribution in [0.4, 0.5) is 9.18 Å². The number of ether oxygens (including phenoxy) is 1. The van der Waals surface area contributed by atoms with Crippen molar-refractivity contribution in [3.05, 3.63) is 80.7 Å². The van der Waals surface area contributed by atoms with Gasteiger partial charge in [-0.1, -0.05) is 41.4 Å². The lowest BCUT2D eigenvalue weighted by molar-refractivity contribution is -0.139. The molecule has 39 heavy (non-hydrogen) atoms. The number of urea groups is 1. The van der Waals surface area contributed by atoms with Crippen LogP contribution >= 0.6 is 23.2 Å². The van der Waals surface area contributed by atoms with Gasteiger partial charge in [-0.3, -0.25) is 14.6 Å². The van der Waals surface area contributed by atoms with Gasteiger partial charge in [-0.25, -0.2) is 14.0 Å². The molecule has 2 aromatic rings. The molecule has 2 unspecified atom stereocenters. The van der Waals surface area contributed by atoms with E-state index in [1.807, 2.05) is 13.8 Å². The number of hydrogen-bond acceptors (Lipinski definition) is 5. The third-order valence-corrected chi connectivity index (χ3v) is 7.72. The highest BCUT2D eigenvalue weighted by Gasteiger charge is 2.39. The molecule has 11 heteroatoms. The van der Waals surface area contributed by atoms with Crippen molar-refractivity contribution in [2.45, 2.75) is 32.9 Å². The molecular weight excluding hydrogens is 546 g/mol. The Balaban J connectivity index is 1.65. The van der Waals surface area contributed by atoms with Gasteiger partial charge in [0.1, 0.15) is 5.82 Å². The molecule has 4 rings (SSSR count). The average Bonchev–Trinajstić information content (AvgIpc) is 2.90. The summed E-state index contributed by atoms with van der Waals surface area (Å²) < 4.78 is 19.7. The fourth-order valence-corrected chi connectivity index (χ4v) is 5.39. The van der Waals surface area contributed by atoms with Crippen molar-refractivity contribution in [1.82, 2.24) is 20.0 Å². The number of rotatable bonds is 7. The second-order valence-corrected chi connectivity index (χ2v) is 10.3. The van der Waals surface area contributed by atoms with Crippen LogP contribution in [0.3, 0.4) is 0 Å². The number of likely N-dealkylation sites (N-methyl/N-ethyl adjacent to an activating group) is 1. The van der Waals surface area contributed by atoms with Crippen molar-refractivity contribution in [3.8, 4) is 0 Å². The molecule has 0 spiro atoms. The van der Waals surface area contributed by atoms with E-state index in [0.717, 1.165) is 0 Å². The summed E-state index contributed by atoms with van der Waals surface area (Å²) in [4.78, 5) is 44.8. The molecule has 2 atom stereocenters. The molecule has 1 fully saturated rings. The van der Waals surface area contributed by atoms with E-state index >= 15 is 0 Å². The van der Waals surface area contributed by atoms with E-state index in [0.29, 0.717) is 53.1 Å². The van der Waals surface area contributed by atoms with Gasteiger partial charge in [0.05, 0.1) is 33.8 Å². The van der Waals surface area contributed by atoms with E-state index in [2.05, 4.69) is 10.2 Å². The van der Waals surface area contributed by atoms with E-state index in [1.165, 1.54) is 17.0 Å². The number of nitrogens with one attached hydrogen (secondary N) is 1. The highest BCUT2D eigenvalue weighted by Crippen LogP contribution is 2.35. The Hall–Kier alpha value is -3.14. The molecule has 8 nitrogen and oxygen atoms in total. The Bertz CT molecular complexity index is 1300. The predicted octanol–water partition coefficient (Wildman–Crippen LogP) is 4.88. The van der Waals surface area contributed by atoms with Crippen molar-refractivity contribution in [2.24, 2.45) is 0 Å². The fraction of sp³-hybridized carbons (Fsp3) is 0.393. The molecule has 0 radical (unpaired) electrons. The number of carbonyl (C=O) groups excluding carboxylic acids is 3. The van der Waals surface area contributed by atoms with Crippen LogP contribution in [-0.4, -0.2) is 78.0 Å². The molecule has 1 N–H and O–H groups in total. The molecule has 1 saturated heterocycles. The van der Waals surface area contributed by atoms with E-state index < -0.39 is 17.8 Å². The molecule has 0 bridgehead atoms. The maximum Gasteiger partial charge on any atom is 0.338 e. The highest BCUT2D eigenvalue weighted by molar-refractivity contribution is 6.42. The van der Waals surface area contributed by atoms with Gasteiger partial charge >= 0.3 is 12.0 Å². The Kier molecular flexibility index (Phi) is 9.15. The molecule has 208 valence electrons. The number of piperazine rings is 1. The number of hydrogen-bond donors (Lipinski definition) is 1. The highest BCUT2D eigenvalue weighted by atomic mass is 35.5. The van der Waals surface area contributed by atoms with Crippen LogP contribution in [0.15, 0.2) is 53.7 Å². The van der Waals surface area contributed by atoms with Crippen LogP contribution in [-0.2, 0) is 9.53 Å². The van der Waals surface area contributed by atoms with Gasteiger partial charge in [-0.15, -0.1) is 0 Å². The monoisotopic (exact) mass is 576 g/mol. The van der Waals surface area contributed by atoms with E-state index in [-0.39, 0.29) is 36.7 Å². The van der Waals surface area contributed by atoms with Crippen LogP contribution in [0.5, 0.6) is 0 Å². The van der Waals surface area contributed by atoms with Crippen molar-refractivity contribution < 1.29 is 23.5 Å². The SMILES string of the molecule is CCOC(=O)C1=C(CN2CCN(C(=O)c3ccccc3F)C(C)C2)N(CC)C(=O)NC1c1ccc(Cl)c(Cl)c1. The number of nitrogens with zero attached hydrogens (tertiary/aromatic N) is 3. The van der Waals surface area contributed by atoms with Crippen LogP contribution < -0.4 is 5.32 Å². The Labute approximate surface area is 237 Å². The summed E-state index contributed by atoms with van der Waals surface area (Å²) in [5.41, 5.74) is 1.48. The summed E-state index contributed by atoms with van der Waals surface area (Å²) >= 11 is 12.4. The minimum Gasteiger partial charge on any atom is -0.463 e. The lowest BCUT2D eigenvalue weighted by Gasteiger charge is -2.43. The summed E-state index contributed by atoms with van der Waals surface area (Å²) in [6.07, 6.45) is 0. The summed E-state index contributed by atoms with van der Waals surface area (Å²) in [6, 6.07) is 9.54. The van der Waals surface area contributed by atoms with Crippen LogP contribution in [0.1, 0.15) is 42.7 Å². The topological polar surface area (TPSA) is 82.2 Å². The summed E-state index contributed by atoms with van der Waals surface area (Å²) in [6.45, 7) is 7.53. The Morgan fingerprint density at radius 3 is 2.49 bits per heavy atom. The minimum atomic E-state index is -0.787. The lowest BCUT2D eigenvalue weighted by atomic mass is 9.94.